The van der Waals surface area contributed by atoms with Gasteiger partial charge >= 0.3 is 0 Å². The normalized spacial score (nSPS) is 13.3. The fourth-order valence-corrected chi connectivity index (χ4v) is 3.00. The Labute approximate surface area is 143 Å². The molecule has 24 heavy (non-hydrogen) atoms. The Morgan fingerprint density at radius 2 is 1.96 bits per heavy atom. The van der Waals surface area contributed by atoms with E-state index in [9.17, 15) is 4.79 Å². The first-order chi connectivity index (χ1) is 11.8. The molecule has 1 amide bonds. The largest absolute Gasteiger partial charge is 0.494 e. The van der Waals surface area contributed by atoms with Gasteiger partial charge in [0.2, 0.25) is 5.91 Å². The van der Waals surface area contributed by atoms with Crippen LogP contribution in [0.15, 0.2) is 48.5 Å². The van der Waals surface area contributed by atoms with Crippen molar-refractivity contribution in [2.24, 2.45) is 0 Å². The van der Waals surface area contributed by atoms with Crippen LogP contribution in [0.1, 0.15) is 25.3 Å². The van der Waals surface area contributed by atoms with Crippen molar-refractivity contribution in [3.63, 3.8) is 0 Å². The first-order valence-electron chi connectivity index (χ1n) is 8.62. The van der Waals surface area contributed by atoms with Gasteiger partial charge in [-0.1, -0.05) is 25.1 Å². The van der Waals surface area contributed by atoms with Crippen molar-refractivity contribution in [3.8, 4) is 5.75 Å². The highest BCUT2D eigenvalue weighted by Gasteiger charge is 2.18. The summed E-state index contributed by atoms with van der Waals surface area (Å²) in [6.07, 6.45) is 3.16. The van der Waals surface area contributed by atoms with E-state index in [1.165, 1.54) is 11.3 Å². The van der Waals surface area contributed by atoms with E-state index in [1.54, 1.807) is 0 Å². The van der Waals surface area contributed by atoms with Crippen LogP contribution < -0.4 is 15.0 Å². The number of rotatable bonds is 6. The third-order valence-electron chi connectivity index (χ3n) is 4.15. The van der Waals surface area contributed by atoms with Gasteiger partial charge in [-0.25, -0.2) is 0 Å². The van der Waals surface area contributed by atoms with E-state index in [0.29, 0.717) is 13.2 Å². The maximum atomic E-state index is 12.4. The molecule has 0 radical (unpaired) electrons. The molecule has 3 rings (SSSR count). The molecule has 4 nitrogen and oxygen atoms in total. The maximum Gasteiger partial charge on any atom is 0.243 e. The van der Waals surface area contributed by atoms with E-state index in [-0.39, 0.29) is 5.91 Å². The van der Waals surface area contributed by atoms with E-state index in [1.807, 2.05) is 30.3 Å². The molecule has 1 aliphatic rings. The second kappa shape index (κ2) is 7.86. The first-order valence-corrected chi connectivity index (χ1v) is 8.62. The zero-order valence-electron chi connectivity index (χ0n) is 14.1. The Bertz CT molecular complexity index is 682. The molecule has 0 unspecified atom stereocenters. The predicted octanol–water partition coefficient (Wildman–Crippen LogP) is 3.87. The molecule has 0 saturated carbocycles. The number of nitrogens with one attached hydrogen (secondary N) is 1. The highest BCUT2D eigenvalue weighted by atomic mass is 16.5. The number of hydrogen-bond donors (Lipinski definition) is 1. The van der Waals surface area contributed by atoms with Gasteiger partial charge in [-0.05, 0) is 55.2 Å². The average molecular weight is 324 g/mol. The zero-order valence-corrected chi connectivity index (χ0v) is 14.1. The minimum atomic E-state index is 0.00827. The number of amides is 1. The Hall–Kier alpha value is -2.49. The summed E-state index contributed by atoms with van der Waals surface area (Å²) in [7, 11) is 0. The molecule has 0 spiro atoms. The lowest BCUT2D eigenvalue weighted by atomic mass is 10.0. The molecule has 0 aliphatic carbocycles. The Morgan fingerprint density at radius 3 is 2.75 bits per heavy atom. The second-order valence-electron chi connectivity index (χ2n) is 6.07. The molecule has 1 heterocycles. The molecule has 0 saturated heterocycles. The van der Waals surface area contributed by atoms with Gasteiger partial charge in [-0.15, -0.1) is 0 Å². The number of hydrogen-bond acceptors (Lipinski definition) is 3. The highest BCUT2D eigenvalue weighted by molar-refractivity contribution is 5.94. The van der Waals surface area contributed by atoms with Gasteiger partial charge in [-0.3, -0.25) is 4.79 Å². The lowest BCUT2D eigenvalue weighted by Gasteiger charge is -2.30. The van der Waals surface area contributed by atoms with Gasteiger partial charge in [0.15, 0.2) is 0 Å². The quantitative estimate of drug-likeness (QED) is 0.877. The minimum absolute atomic E-state index is 0.00827. The van der Waals surface area contributed by atoms with Crippen LogP contribution in [0.3, 0.4) is 0 Å². The second-order valence-corrected chi connectivity index (χ2v) is 6.07. The van der Waals surface area contributed by atoms with Crippen molar-refractivity contribution < 1.29 is 9.53 Å². The number of para-hydroxylation sites is 1. The molecular weight excluding hydrogens is 300 g/mol. The lowest BCUT2D eigenvalue weighted by molar-refractivity contribution is -0.115. The number of benzene rings is 2. The van der Waals surface area contributed by atoms with E-state index in [0.717, 1.165) is 37.2 Å². The van der Waals surface area contributed by atoms with E-state index >= 15 is 0 Å². The van der Waals surface area contributed by atoms with Gasteiger partial charge < -0.3 is 15.0 Å². The summed E-state index contributed by atoms with van der Waals surface area (Å²) in [6, 6.07) is 15.9. The van der Waals surface area contributed by atoms with Gasteiger partial charge in [0.05, 0.1) is 13.2 Å². The lowest BCUT2D eigenvalue weighted by Crippen LogP contribution is -2.36. The van der Waals surface area contributed by atoms with Crippen LogP contribution in [0.25, 0.3) is 0 Å². The van der Waals surface area contributed by atoms with Crippen molar-refractivity contribution in [1.29, 1.82) is 0 Å². The smallest absolute Gasteiger partial charge is 0.243 e. The number of fused-ring (bicyclic) bond motifs is 1. The fraction of sp³-hybridized carbons (Fsp3) is 0.350. The van der Waals surface area contributed by atoms with Crippen molar-refractivity contribution in [2.45, 2.75) is 26.2 Å². The van der Waals surface area contributed by atoms with Crippen LogP contribution in [0.2, 0.25) is 0 Å². The number of nitrogens with zero attached hydrogens (tertiary/aromatic N) is 1. The molecular formula is C20H24N2O2. The fourth-order valence-electron chi connectivity index (χ4n) is 3.00. The molecule has 0 bridgehead atoms. The number of carbonyl (C=O) groups is 1. The van der Waals surface area contributed by atoms with Crippen LogP contribution in [0.4, 0.5) is 11.4 Å². The monoisotopic (exact) mass is 324 g/mol. The molecule has 1 N–H and O–H groups in total. The molecule has 126 valence electrons. The molecule has 1 aliphatic heterocycles. The van der Waals surface area contributed by atoms with Crippen LogP contribution in [-0.4, -0.2) is 25.6 Å². The van der Waals surface area contributed by atoms with Crippen LogP contribution in [0.5, 0.6) is 5.75 Å². The summed E-state index contributed by atoms with van der Waals surface area (Å²) in [4.78, 5) is 14.5. The Morgan fingerprint density at radius 1 is 1.17 bits per heavy atom. The van der Waals surface area contributed by atoms with Crippen molar-refractivity contribution in [3.05, 3.63) is 54.1 Å². The summed E-state index contributed by atoms with van der Waals surface area (Å²) in [5.74, 6) is 0.841. The number of carbonyl (C=O) groups excluding carboxylic acids is 1. The minimum Gasteiger partial charge on any atom is -0.494 e. The molecule has 2 aromatic carbocycles. The van der Waals surface area contributed by atoms with Gasteiger partial charge in [0, 0.05) is 17.9 Å². The van der Waals surface area contributed by atoms with E-state index in [2.05, 4.69) is 35.3 Å². The molecule has 0 fully saturated rings. The van der Waals surface area contributed by atoms with Crippen LogP contribution in [-0.2, 0) is 11.2 Å². The summed E-state index contributed by atoms with van der Waals surface area (Å²) in [6.45, 7) is 4.09. The molecule has 0 atom stereocenters. The van der Waals surface area contributed by atoms with E-state index in [4.69, 9.17) is 4.74 Å². The average Bonchev–Trinajstić information content (AvgIpc) is 2.61. The SMILES string of the molecule is CCCOc1ccc(NC(=O)CN2CCCc3ccccc32)cc1. The number of aryl methyl sites for hydroxylation is 1. The highest BCUT2D eigenvalue weighted by Crippen LogP contribution is 2.26. The van der Waals surface area contributed by atoms with Crippen molar-refractivity contribution >= 4 is 17.3 Å². The van der Waals surface area contributed by atoms with Crippen molar-refractivity contribution in [1.82, 2.24) is 0 Å². The summed E-state index contributed by atoms with van der Waals surface area (Å²) < 4.78 is 5.55. The predicted molar refractivity (Wildman–Crippen MR) is 97.8 cm³/mol. The van der Waals surface area contributed by atoms with Gasteiger partial charge in [-0.2, -0.15) is 0 Å². The Kier molecular flexibility index (Phi) is 5.36. The van der Waals surface area contributed by atoms with Gasteiger partial charge in [0.1, 0.15) is 5.75 Å². The molecule has 4 heteroatoms. The summed E-state index contributed by atoms with van der Waals surface area (Å²) in [5, 5.41) is 2.97. The first kappa shape index (κ1) is 16.4. The van der Waals surface area contributed by atoms with E-state index < -0.39 is 0 Å². The third kappa shape index (κ3) is 4.07. The zero-order chi connectivity index (χ0) is 16.8. The summed E-state index contributed by atoms with van der Waals surface area (Å²) in [5.41, 5.74) is 3.31. The van der Waals surface area contributed by atoms with Crippen molar-refractivity contribution in [2.75, 3.05) is 29.9 Å². The third-order valence-corrected chi connectivity index (χ3v) is 4.15. The standard InChI is InChI=1S/C20H24N2O2/c1-2-14-24-18-11-9-17(10-12-18)21-20(23)15-22-13-5-7-16-6-3-4-8-19(16)22/h3-4,6,8-12H,2,5,7,13-15H2,1H3,(H,21,23). The topological polar surface area (TPSA) is 41.6 Å². The Balaban J connectivity index is 1.58. The number of ether oxygens (including phenoxy) is 1. The van der Waals surface area contributed by atoms with Gasteiger partial charge in [0.25, 0.3) is 0 Å². The van der Waals surface area contributed by atoms with Crippen LogP contribution in [0, 0.1) is 0 Å². The molecule has 2 aromatic rings. The van der Waals surface area contributed by atoms with Crippen LogP contribution >= 0.6 is 0 Å². The molecule has 0 aromatic heterocycles. The summed E-state index contributed by atoms with van der Waals surface area (Å²) >= 11 is 0. The maximum absolute atomic E-state index is 12.4. The number of anilines is 2.